The van der Waals surface area contributed by atoms with Crippen LogP contribution in [0.3, 0.4) is 0 Å². The van der Waals surface area contributed by atoms with Crippen LogP contribution in [0.2, 0.25) is 0 Å². The average molecular weight is 258 g/mol. The first-order chi connectivity index (χ1) is 7.95. The number of carbonyl (C=O) groups excluding carboxylic acids is 1. The number of thiocarbonyl (C=S) groups is 1. The van der Waals surface area contributed by atoms with Gasteiger partial charge in [0.05, 0.1) is 17.0 Å². The summed E-state index contributed by atoms with van der Waals surface area (Å²) in [7, 11) is 1.71. The third kappa shape index (κ3) is 3.92. The summed E-state index contributed by atoms with van der Waals surface area (Å²) in [5.74, 6) is -0.284. The molecule has 1 aliphatic rings. The summed E-state index contributed by atoms with van der Waals surface area (Å²) < 4.78 is 5.28. The quantitative estimate of drug-likeness (QED) is 0.728. The number of carbonyl (C=O) groups is 1. The van der Waals surface area contributed by atoms with E-state index in [9.17, 15) is 4.79 Å². The molecule has 0 spiro atoms. The van der Waals surface area contributed by atoms with Crippen LogP contribution in [0, 0.1) is 11.8 Å². The van der Waals surface area contributed by atoms with Crippen molar-refractivity contribution in [3.63, 3.8) is 0 Å². The Labute approximate surface area is 108 Å². The summed E-state index contributed by atoms with van der Waals surface area (Å²) in [4.78, 5) is 12.3. The maximum Gasteiger partial charge on any atom is 0.230 e. The molecule has 1 saturated carbocycles. The number of ether oxygens (including phenoxy) is 1. The highest BCUT2D eigenvalue weighted by Crippen LogP contribution is 2.22. The van der Waals surface area contributed by atoms with E-state index in [-0.39, 0.29) is 34.9 Å². The van der Waals surface area contributed by atoms with Crippen LogP contribution >= 0.6 is 12.2 Å². The second-order valence-electron chi connectivity index (χ2n) is 5.00. The summed E-state index contributed by atoms with van der Waals surface area (Å²) in [5, 5.41) is 3.02. The molecule has 17 heavy (non-hydrogen) atoms. The molecule has 3 unspecified atom stereocenters. The Balaban J connectivity index is 2.51. The van der Waals surface area contributed by atoms with Crippen molar-refractivity contribution in [2.24, 2.45) is 17.6 Å². The number of methoxy groups -OCH3 is 1. The monoisotopic (exact) mass is 258 g/mol. The van der Waals surface area contributed by atoms with E-state index in [0.717, 1.165) is 19.3 Å². The molecule has 1 fully saturated rings. The van der Waals surface area contributed by atoms with Crippen molar-refractivity contribution in [1.29, 1.82) is 0 Å². The minimum absolute atomic E-state index is 0.0470. The van der Waals surface area contributed by atoms with Gasteiger partial charge in [0.15, 0.2) is 0 Å². The molecule has 0 bridgehead atoms. The SMILES string of the molecule is COC1CCC(NC(=O)C(C(N)=S)C(C)C)C1. The largest absolute Gasteiger partial charge is 0.393 e. The van der Waals surface area contributed by atoms with E-state index < -0.39 is 0 Å². The van der Waals surface area contributed by atoms with Gasteiger partial charge >= 0.3 is 0 Å². The van der Waals surface area contributed by atoms with E-state index in [0.29, 0.717) is 0 Å². The molecule has 0 saturated heterocycles. The van der Waals surface area contributed by atoms with Gasteiger partial charge in [0.25, 0.3) is 0 Å². The highest BCUT2D eigenvalue weighted by Gasteiger charge is 2.30. The van der Waals surface area contributed by atoms with E-state index in [1.54, 1.807) is 7.11 Å². The molecule has 1 aliphatic carbocycles. The average Bonchev–Trinajstić information content (AvgIpc) is 2.64. The summed E-state index contributed by atoms with van der Waals surface area (Å²) in [6.07, 6.45) is 3.11. The number of amides is 1. The standard InChI is InChI=1S/C12H22N2O2S/c1-7(2)10(11(13)17)12(15)14-8-4-5-9(6-8)16-3/h7-10H,4-6H2,1-3H3,(H2,13,17)(H,14,15). The number of hydrogen-bond acceptors (Lipinski definition) is 3. The van der Waals surface area contributed by atoms with Crippen LogP contribution in [0.4, 0.5) is 0 Å². The Morgan fingerprint density at radius 2 is 2.12 bits per heavy atom. The fourth-order valence-electron chi connectivity index (χ4n) is 2.34. The predicted octanol–water partition coefficient (Wildman–Crippen LogP) is 1.23. The zero-order valence-electron chi connectivity index (χ0n) is 10.7. The molecular weight excluding hydrogens is 236 g/mol. The molecule has 0 aliphatic heterocycles. The van der Waals surface area contributed by atoms with Gasteiger partial charge in [-0.15, -0.1) is 0 Å². The van der Waals surface area contributed by atoms with E-state index in [4.69, 9.17) is 22.7 Å². The van der Waals surface area contributed by atoms with Crippen molar-refractivity contribution in [3.05, 3.63) is 0 Å². The highest BCUT2D eigenvalue weighted by atomic mass is 32.1. The number of nitrogens with one attached hydrogen (secondary N) is 1. The van der Waals surface area contributed by atoms with Gasteiger partial charge in [-0.25, -0.2) is 0 Å². The Morgan fingerprint density at radius 3 is 2.53 bits per heavy atom. The van der Waals surface area contributed by atoms with Crippen molar-refractivity contribution in [2.75, 3.05) is 7.11 Å². The normalized spacial score (nSPS) is 25.9. The molecule has 1 rings (SSSR count). The van der Waals surface area contributed by atoms with Crippen LogP contribution in [-0.4, -0.2) is 30.2 Å². The Hall–Kier alpha value is -0.680. The molecule has 0 aromatic rings. The van der Waals surface area contributed by atoms with Gasteiger partial charge < -0.3 is 15.8 Å². The Kier molecular flexibility index (Phi) is 5.33. The van der Waals surface area contributed by atoms with Gasteiger partial charge in [-0.05, 0) is 25.2 Å². The van der Waals surface area contributed by atoms with Gasteiger partial charge in [-0.2, -0.15) is 0 Å². The highest BCUT2D eigenvalue weighted by molar-refractivity contribution is 7.80. The van der Waals surface area contributed by atoms with E-state index >= 15 is 0 Å². The Bertz CT molecular complexity index is 294. The van der Waals surface area contributed by atoms with E-state index in [1.165, 1.54) is 0 Å². The third-order valence-electron chi connectivity index (χ3n) is 3.32. The smallest absolute Gasteiger partial charge is 0.230 e. The molecule has 3 N–H and O–H groups in total. The van der Waals surface area contributed by atoms with Crippen molar-refractivity contribution in [2.45, 2.75) is 45.3 Å². The maximum absolute atomic E-state index is 12.1. The predicted molar refractivity (Wildman–Crippen MR) is 71.7 cm³/mol. The Morgan fingerprint density at radius 1 is 1.47 bits per heavy atom. The van der Waals surface area contributed by atoms with Crippen molar-refractivity contribution in [1.82, 2.24) is 5.32 Å². The lowest BCUT2D eigenvalue weighted by Crippen LogP contribution is -2.44. The zero-order valence-corrected chi connectivity index (χ0v) is 11.5. The van der Waals surface area contributed by atoms with Crippen LogP contribution in [-0.2, 0) is 9.53 Å². The summed E-state index contributed by atoms with van der Waals surface area (Å²) in [5.41, 5.74) is 5.61. The first-order valence-electron chi connectivity index (χ1n) is 6.08. The van der Waals surface area contributed by atoms with Crippen LogP contribution in [0.1, 0.15) is 33.1 Å². The second-order valence-corrected chi connectivity index (χ2v) is 5.47. The van der Waals surface area contributed by atoms with Crippen molar-refractivity contribution >= 4 is 23.1 Å². The van der Waals surface area contributed by atoms with E-state index in [2.05, 4.69) is 5.32 Å². The van der Waals surface area contributed by atoms with Gasteiger partial charge in [0.2, 0.25) is 5.91 Å². The van der Waals surface area contributed by atoms with Crippen molar-refractivity contribution in [3.8, 4) is 0 Å². The first kappa shape index (κ1) is 14.4. The fourth-order valence-corrected chi connectivity index (χ4v) is 2.72. The van der Waals surface area contributed by atoms with Gasteiger partial charge in [0, 0.05) is 13.2 Å². The molecule has 1 amide bonds. The molecule has 4 nitrogen and oxygen atoms in total. The molecule has 3 atom stereocenters. The number of rotatable bonds is 5. The molecular formula is C12H22N2O2S. The lowest BCUT2D eigenvalue weighted by atomic mass is 9.94. The van der Waals surface area contributed by atoms with Crippen LogP contribution in [0.25, 0.3) is 0 Å². The molecule has 0 radical (unpaired) electrons. The molecule has 0 aromatic heterocycles. The number of nitrogens with two attached hydrogens (primary N) is 1. The minimum Gasteiger partial charge on any atom is -0.393 e. The summed E-state index contributed by atoms with van der Waals surface area (Å²) in [6.45, 7) is 3.91. The summed E-state index contributed by atoms with van der Waals surface area (Å²) >= 11 is 4.95. The number of hydrogen-bond donors (Lipinski definition) is 2. The molecule has 5 heteroatoms. The topological polar surface area (TPSA) is 64.3 Å². The third-order valence-corrected chi connectivity index (χ3v) is 3.57. The van der Waals surface area contributed by atoms with E-state index in [1.807, 2.05) is 13.8 Å². The van der Waals surface area contributed by atoms with Crippen LogP contribution < -0.4 is 11.1 Å². The van der Waals surface area contributed by atoms with Gasteiger partial charge in [0.1, 0.15) is 0 Å². The van der Waals surface area contributed by atoms with Gasteiger partial charge in [-0.3, -0.25) is 4.79 Å². The fraction of sp³-hybridized carbons (Fsp3) is 0.833. The first-order valence-corrected chi connectivity index (χ1v) is 6.49. The van der Waals surface area contributed by atoms with Gasteiger partial charge in [-0.1, -0.05) is 26.1 Å². The van der Waals surface area contributed by atoms with Crippen molar-refractivity contribution < 1.29 is 9.53 Å². The molecule has 98 valence electrons. The minimum atomic E-state index is -0.369. The lowest BCUT2D eigenvalue weighted by Gasteiger charge is -2.21. The molecule has 0 heterocycles. The van der Waals surface area contributed by atoms with Crippen LogP contribution in [0.15, 0.2) is 0 Å². The summed E-state index contributed by atoms with van der Waals surface area (Å²) in [6, 6.07) is 0.197. The zero-order chi connectivity index (χ0) is 13.0. The maximum atomic E-state index is 12.1. The lowest BCUT2D eigenvalue weighted by molar-refractivity contribution is -0.124. The molecule has 0 aromatic carbocycles. The van der Waals surface area contributed by atoms with Crippen LogP contribution in [0.5, 0.6) is 0 Å². The second kappa shape index (κ2) is 6.31.